The normalized spacial score (nSPS) is 11.9. The monoisotopic (exact) mass is 210 g/mol. The van der Waals surface area contributed by atoms with Gasteiger partial charge in [0, 0.05) is 12.5 Å². The molecule has 0 saturated carbocycles. The van der Waals surface area contributed by atoms with Gasteiger partial charge < -0.3 is 0 Å². The molecule has 0 aliphatic rings. The Kier molecular flexibility index (Phi) is 11.2. The molecule has 0 amide bonds. The number of rotatable bonds is 9. The average Bonchev–Trinajstić information content (AvgIpc) is 2.26. The van der Waals surface area contributed by atoms with Gasteiger partial charge in [-0.1, -0.05) is 39.0 Å². The Labute approximate surface area is 95.0 Å². The Morgan fingerprint density at radius 3 is 2.47 bits per heavy atom. The van der Waals surface area contributed by atoms with Crippen molar-refractivity contribution in [3.05, 3.63) is 0 Å². The van der Waals surface area contributed by atoms with Gasteiger partial charge in [0.05, 0.1) is 0 Å². The minimum Gasteiger partial charge on any atom is -0.271 e. The highest BCUT2D eigenvalue weighted by atomic mass is 15.2. The first kappa shape index (κ1) is 14.5. The van der Waals surface area contributed by atoms with Crippen LogP contribution in [0.3, 0.4) is 0 Å². The molecule has 88 valence electrons. The number of nitrogens with two attached hydrogens (primary N) is 1. The van der Waals surface area contributed by atoms with E-state index in [0.717, 1.165) is 12.8 Å². The molecule has 0 spiro atoms. The summed E-state index contributed by atoms with van der Waals surface area (Å²) < 4.78 is 0. The van der Waals surface area contributed by atoms with Crippen molar-refractivity contribution in [3.8, 4) is 11.8 Å². The minimum atomic E-state index is 0.451. The molecule has 0 rings (SSSR count). The molecule has 0 saturated heterocycles. The van der Waals surface area contributed by atoms with E-state index in [2.05, 4.69) is 24.2 Å². The van der Waals surface area contributed by atoms with Gasteiger partial charge in [0.1, 0.15) is 0 Å². The maximum absolute atomic E-state index is 5.50. The van der Waals surface area contributed by atoms with Crippen LogP contribution in [0.5, 0.6) is 0 Å². The van der Waals surface area contributed by atoms with Crippen LogP contribution < -0.4 is 11.3 Å². The third-order valence-corrected chi connectivity index (χ3v) is 2.69. The van der Waals surface area contributed by atoms with Gasteiger partial charge >= 0.3 is 0 Å². The van der Waals surface area contributed by atoms with Crippen molar-refractivity contribution in [2.24, 2.45) is 5.84 Å². The zero-order valence-corrected chi connectivity index (χ0v) is 10.3. The predicted octanol–water partition coefficient (Wildman–Crippen LogP) is 2.98. The van der Waals surface area contributed by atoms with Gasteiger partial charge in [-0.2, -0.15) is 0 Å². The third-order valence-electron chi connectivity index (χ3n) is 2.69. The van der Waals surface area contributed by atoms with E-state index in [1.165, 1.54) is 38.5 Å². The van der Waals surface area contributed by atoms with Crippen molar-refractivity contribution in [2.45, 2.75) is 71.3 Å². The number of unbranched alkanes of at least 4 members (excludes halogenated alkanes) is 4. The van der Waals surface area contributed by atoms with Crippen LogP contribution >= 0.6 is 0 Å². The highest BCUT2D eigenvalue weighted by Crippen LogP contribution is 2.09. The Morgan fingerprint density at radius 1 is 1.13 bits per heavy atom. The molecule has 0 aromatic rings. The van der Waals surface area contributed by atoms with Crippen LogP contribution in [0.15, 0.2) is 0 Å². The molecule has 1 atom stereocenters. The number of nitrogens with one attached hydrogen (secondary N) is 1. The molecule has 2 heteroatoms. The molecule has 0 aromatic carbocycles. The van der Waals surface area contributed by atoms with Crippen LogP contribution in [0.2, 0.25) is 0 Å². The summed E-state index contributed by atoms with van der Waals surface area (Å²) in [5.74, 6) is 11.5. The highest BCUT2D eigenvalue weighted by Gasteiger charge is 2.04. The first-order chi connectivity index (χ1) is 7.35. The Balaban J connectivity index is 3.38. The van der Waals surface area contributed by atoms with Crippen LogP contribution in [0.1, 0.15) is 65.2 Å². The molecule has 3 N–H and O–H groups in total. The minimum absolute atomic E-state index is 0.451. The van der Waals surface area contributed by atoms with Crippen LogP contribution in [0.25, 0.3) is 0 Å². The average molecular weight is 210 g/mol. The fourth-order valence-electron chi connectivity index (χ4n) is 1.68. The summed E-state index contributed by atoms with van der Waals surface area (Å²) in [5, 5.41) is 0. The summed E-state index contributed by atoms with van der Waals surface area (Å²) >= 11 is 0. The summed E-state index contributed by atoms with van der Waals surface area (Å²) in [5.41, 5.74) is 2.88. The van der Waals surface area contributed by atoms with Gasteiger partial charge in [0.15, 0.2) is 0 Å². The van der Waals surface area contributed by atoms with E-state index >= 15 is 0 Å². The second kappa shape index (κ2) is 11.6. The van der Waals surface area contributed by atoms with Crippen molar-refractivity contribution >= 4 is 0 Å². The summed E-state index contributed by atoms with van der Waals surface area (Å²) in [6, 6.07) is 0.451. The lowest BCUT2D eigenvalue weighted by Gasteiger charge is -2.13. The van der Waals surface area contributed by atoms with Crippen LogP contribution in [0, 0.1) is 11.8 Å². The van der Waals surface area contributed by atoms with E-state index in [0.29, 0.717) is 6.04 Å². The van der Waals surface area contributed by atoms with Crippen molar-refractivity contribution < 1.29 is 0 Å². The van der Waals surface area contributed by atoms with Crippen molar-refractivity contribution in [1.82, 2.24) is 5.43 Å². The zero-order chi connectivity index (χ0) is 11.4. The van der Waals surface area contributed by atoms with Gasteiger partial charge in [-0.15, -0.1) is 11.8 Å². The summed E-state index contributed by atoms with van der Waals surface area (Å²) in [4.78, 5) is 0. The SMILES string of the molecule is CC#CCCC(CCCCCCC)NN. The summed E-state index contributed by atoms with van der Waals surface area (Å²) in [7, 11) is 0. The van der Waals surface area contributed by atoms with E-state index in [4.69, 9.17) is 5.84 Å². The Morgan fingerprint density at radius 2 is 1.87 bits per heavy atom. The molecule has 0 aromatic heterocycles. The molecule has 0 aliphatic heterocycles. The first-order valence-corrected chi connectivity index (χ1v) is 6.20. The van der Waals surface area contributed by atoms with E-state index in [-0.39, 0.29) is 0 Å². The largest absolute Gasteiger partial charge is 0.271 e. The molecule has 0 aliphatic carbocycles. The van der Waals surface area contributed by atoms with Gasteiger partial charge in [-0.3, -0.25) is 11.3 Å². The molecule has 0 fully saturated rings. The second-order valence-electron chi connectivity index (χ2n) is 4.03. The van der Waals surface area contributed by atoms with E-state index in [1.807, 2.05) is 6.92 Å². The van der Waals surface area contributed by atoms with Crippen molar-refractivity contribution in [2.75, 3.05) is 0 Å². The molecular formula is C13H26N2. The molecule has 2 nitrogen and oxygen atoms in total. The molecule has 0 bridgehead atoms. The van der Waals surface area contributed by atoms with E-state index in [9.17, 15) is 0 Å². The lowest BCUT2D eigenvalue weighted by atomic mass is 10.0. The zero-order valence-electron chi connectivity index (χ0n) is 10.3. The van der Waals surface area contributed by atoms with Gasteiger partial charge in [-0.05, 0) is 19.8 Å². The fourth-order valence-corrected chi connectivity index (χ4v) is 1.68. The topological polar surface area (TPSA) is 38.0 Å². The lowest BCUT2D eigenvalue weighted by Crippen LogP contribution is -2.34. The Hall–Kier alpha value is -0.520. The fraction of sp³-hybridized carbons (Fsp3) is 0.846. The maximum Gasteiger partial charge on any atom is 0.0219 e. The second-order valence-corrected chi connectivity index (χ2v) is 4.03. The number of hydrogen-bond donors (Lipinski definition) is 2. The smallest absolute Gasteiger partial charge is 0.0219 e. The van der Waals surface area contributed by atoms with Crippen molar-refractivity contribution in [3.63, 3.8) is 0 Å². The quantitative estimate of drug-likeness (QED) is 0.266. The van der Waals surface area contributed by atoms with Crippen LogP contribution in [0.4, 0.5) is 0 Å². The summed E-state index contributed by atoms with van der Waals surface area (Å²) in [6.07, 6.45) is 9.88. The molecule has 0 radical (unpaired) electrons. The number of hydrazine groups is 1. The number of hydrogen-bond acceptors (Lipinski definition) is 2. The molecule has 0 heterocycles. The van der Waals surface area contributed by atoms with E-state index in [1.54, 1.807) is 0 Å². The van der Waals surface area contributed by atoms with Gasteiger partial charge in [0.25, 0.3) is 0 Å². The van der Waals surface area contributed by atoms with Gasteiger partial charge in [-0.25, -0.2) is 0 Å². The molecule has 15 heavy (non-hydrogen) atoms. The standard InChI is InChI=1S/C13H26N2/c1-3-5-7-8-10-12-13(15-14)11-9-6-4-2/h13,15H,3,5,7-12,14H2,1-2H3. The molecular weight excluding hydrogens is 184 g/mol. The third kappa shape index (κ3) is 9.78. The van der Waals surface area contributed by atoms with E-state index < -0.39 is 0 Å². The summed E-state index contributed by atoms with van der Waals surface area (Å²) in [6.45, 7) is 4.13. The first-order valence-electron chi connectivity index (χ1n) is 6.20. The van der Waals surface area contributed by atoms with Crippen LogP contribution in [-0.2, 0) is 0 Å². The lowest BCUT2D eigenvalue weighted by molar-refractivity contribution is 0.443. The maximum atomic E-state index is 5.50. The van der Waals surface area contributed by atoms with Crippen LogP contribution in [-0.4, -0.2) is 6.04 Å². The Bertz CT molecular complexity index is 179. The van der Waals surface area contributed by atoms with Crippen molar-refractivity contribution in [1.29, 1.82) is 0 Å². The predicted molar refractivity (Wildman–Crippen MR) is 67.2 cm³/mol. The van der Waals surface area contributed by atoms with Gasteiger partial charge in [0.2, 0.25) is 0 Å². The highest BCUT2D eigenvalue weighted by molar-refractivity contribution is 4.95. The molecule has 1 unspecified atom stereocenters.